The Bertz CT molecular complexity index is 944. The lowest BCUT2D eigenvalue weighted by molar-refractivity contribution is -0.126. The van der Waals surface area contributed by atoms with Gasteiger partial charge in [-0.2, -0.15) is 0 Å². The van der Waals surface area contributed by atoms with Gasteiger partial charge in [0.25, 0.3) is 5.91 Å². The number of carbonyl (C=O) groups excluding carboxylic acids is 3. The van der Waals surface area contributed by atoms with E-state index in [1.807, 2.05) is 57.2 Å². The molecule has 0 saturated heterocycles. The van der Waals surface area contributed by atoms with Gasteiger partial charge in [0, 0.05) is 11.3 Å². The molecule has 0 aromatic heterocycles. The first kappa shape index (κ1) is 25.1. The minimum absolute atomic E-state index is 0.00637. The van der Waals surface area contributed by atoms with Gasteiger partial charge in [-0.3, -0.25) is 14.4 Å². The van der Waals surface area contributed by atoms with E-state index < -0.39 is 11.9 Å². The number of anilines is 1. The second-order valence-electron chi connectivity index (χ2n) is 9.30. The lowest BCUT2D eigenvalue weighted by Gasteiger charge is -2.22. The molecular weight excluding hydrogens is 402 g/mol. The largest absolute Gasteiger partial charge is 0.345 e. The van der Waals surface area contributed by atoms with Crippen LogP contribution in [0.2, 0.25) is 0 Å². The molecule has 3 N–H and O–H groups in total. The second kappa shape index (κ2) is 10.9. The van der Waals surface area contributed by atoms with Crippen LogP contribution in [0.4, 0.5) is 5.69 Å². The summed E-state index contributed by atoms with van der Waals surface area (Å²) < 4.78 is 0. The van der Waals surface area contributed by atoms with Gasteiger partial charge >= 0.3 is 0 Å². The zero-order valence-electron chi connectivity index (χ0n) is 19.9. The minimum Gasteiger partial charge on any atom is -0.345 e. The fraction of sp³-hybridized carbons (Fsp3) is 0.423. The summed E-state index contributed by atoms with van der Waals surface area (Å²) in [6, 6.07) is 14.2. The predicted molar refractivity (Wildman–Crippen MR) is 129 cm³/mol. The number of para-hydroxylation sites is 1. The molecule has 0 bridgehead atoms. The lowest BCUT2D eigenvalue weighted by Crippen LogP contribution is -2.51. The lowest BCUT2D eigenvalue weighted by atomic mass is 9.86. The van der Waals surface area contributed by atoms with Gasteiger partial charge < -0.3 is 16.0 Å². The Morgan fingerprint density at radius 2 is 1.56 bits per heavy atom. The molecule has 6 heteroatoms. The van der Waals surface area contributed by atoms with Gasteiger partial charge in [-0.25, -0.2) is 0 Å². The van der Waals surface area contributed by atoms with Crippen molar-refractivity contribution in [2.24, 2.45) is 5.92 Å². The molecular formula is C26H35N3O3. The van der Waals surface area contributed by atoms with Crippen molar-refractivity contribution in [1.82, 2.24) is 10.6 Å². The Labute approximate surface area is 191 Å². The quantitative estimate of drug-likeness (QED) is 0.582. The number of benzene rings is 2. The molecule has 172 valence electrons. The van der Waals surface area contributed by atoms with Crippen molar-refractivity contribution in [2.45, 2.75) is 59.4 Å². The molecule has 32 heavy (non-hydrogen) atoms. The molecule has 2 rings (SSSR count). The van der Waals surface area contributed by atoms with E-state index in [9.17, 15) is 14.4 Å². The first-order chi connectivity index (χ1) is 15.0. The molecule has 0 aliphatic rings. The molecule has 6 nitrogen and oxygen atoms in total. The molecule has 2 aromatic carbocycles. The van der Waals surface area contributed by atoms with Gasteiger partial charge in [-0.1, -0.05) is 71.9 Å². The van der Waals surface area contributed by atoms with E-state index in [0.29, 0.717) is 5.56 Å². The van der Waals surface area contributed by atoms with Gasteiger partial charge in [0.15, 0.2) is 0 Å². The molecule has 0 radical (unpaired) electrons. The smallest absolute Gasteiger partial charge is 0.251 e. The summed E-state index contributed by atoms with van der Waals surface area (Å²) in [5.74, 6) is -1.17. The Hall–Kier alpha value is -3.15. The van der Waals surface area contributed by atoms with Crippen LogP contribution in [0.1, 0.15) is 63.0 Å². The van der Waals surface area contributed by atoms with Gasteiger partial charge in [0.05, 0.1) is 6.54 Å². The Morgan fingerprint density at radius 1 is 0.938 bits per heavy atom. The molecule has 1 atom stereocenters. The van der Waals surface area contributed by atoms with Crippen LogP contribution in [0.3, 0.4) is 0 Å². The number of hydrogen-bond acceptors (Lipinski definition) is 3. The van der Waals surface area contributed by atoms with Gasteiger partial charge in [0.2, 0.25) is 11.8 Å². The van der Waals surface area contributed by atoms with Crippen LogP contribution in [0.25, 0.3) is 0 Å². The topological polar surface area (TPSA) is 87.3 Å². The maximum atomic E-state index is 12.7. The summed E-state index contributed by atoms with van der Waals surface area (Å²) in [7, 11) is 0. The number of aryl methyl sites for hydroxylation is 1. The molecule has 0 spiro atoms. The highest BCUT2D eigenvalue weighted by molar-refractivity contribution is 5.99. The summed E-state index contributed by atoms with van der Waals surface area (Å²) >= 11 is 0. The first-order valence-corrected chi connectivity index (χ1v) is 11.1. The molecule has 1 unspecified atom stereocenters. The SMILES string of the molecule is CCc1ccccc1NC(=O)CNC(=O)C(NC(=O)c1ccc(C(C)(C)C)cc1)C(C)C. The van der Waals surface area contributed by atoms with Crippen molar-refractivity contribution < 1.29 is 14.4 Å². The zero-order chi connectivity index (χ0) is 23.9. The normalized spacial score (nSPS) is 12.2. The summed E-state index contributed by atoms with van der Waals surface area (Å²) in [4.78, 5) is 37.7. The van der Waals surface area contributed by atoms with Crippen molar-refractivity contribution in [3.8, 4) is 0 Å². The van der Waals surface area contributed by atoms with E-state index >= 15 is 0 Å². The van der Waals surface area contributed by atoms with Crippen LogP contribution in [0, 0.1) is 5.92 Å². The zero-order valence-corrected chi connectivity index (χ0v) is 19.9. The summed E-state index contributed by atoms with van der Waals surface area (Å²) in [5, 5.41) is 8.27. The highest BCUT2D eigenvalue weighted by Crippen LogP contribution is 2.22. The van der Waals surface area contributed by atoms with E-state index in [0.717, 1.165) is 23.2 Å². The van der Waals surface area contributed by atoms with Crippen LogP contribution < -0.4 is 16.0 Å². The van der Waals surface area contributed by atoms with E-state index in [2.05, 4.69) is 36.7 Å². The summed E-state index contributed by atoms with van der Waals surface area (Å²) in [6.45, 7) is 11.9. The highest BCUT2D eigenvalue weighted by Gasteiger charge is 2.25. The van der Waals surface area contributed by atoms with Crippen LogP contribution in [0.15, 0.2) is 48.5 Å². The van der Waals surface area contributed by atoms with Crippen molar-refractivity contribution in [2.75, 3.05) is 11.9 Å². The number of nitrogens with one attached hydrogen (secondary N) is 3. The van der Waals surface area contributed by atoms with E-state index in [1.54, 1.807) is 12.1 Å². The van der Waals surface area contributed by atoms with Gasteiger partial charge in [-0.15, -0.1) is 0 Å². The van der Waals surface area contributed by atoms with Crippen molar-refractivity contribution in [3.05, 3.63) is 65.2 Å². The maximum Gasteiger partial charge on any atom is 0.251 e. The molecule has 0 aliphatic carbocycles. The molecule has 3 amide bonds. The highest BCUT2D eigenvalue weighted by atomic mass is 16.2. The average Bonchev–Trinajstić information content (AvgIpc) is 2.75. The fourth-order valence-electron chi connectivity index (χ4n) is 3.30. The minimum atomic E-state index is -0.750. The third-order valence-corrected chi connectivity index (χ3v) is 5.34. The molecule has 0 aliphatic heterocycles. The summed E-state index contributed by atoms with van der Waals surface area (Å²) in [5.41, 5.74) is 3.37. The van der Waals surface area contributed by atoms with E-state index in [-0.39, 0.29) is 29.7 Å². The van der Waals surface area contributed by atoms with Crippen LogP contribution in [0.5, 0.6) is 0 Å². The number of hydrogen-bond donors (Lipinski definition) is 3. The fourth-order valence-corrected chi connectivity index (χ4v) is 3.30. The predicted octanol–water partition coefficient (Wildman–Crippen LogP) is 4.06. The Kier molecular flexibility index (Phi) is 8.58. The third-order valence-electron chi connectivity index (χ3n) is 5.34. The van der Waals surface area contributed by atoms with Crippen molar-refractivity contribution in [3.63, 3.8) is 0 Å². The number of carbonyl (C=O) groups is 3. The van der Waals surface area contributed by atoms with Gasteiger partial charge in [0.1, 0.15) is 6.04 Å². The first-order valence-electron chi connectivity index (χ1n) is 11.1. The Balaban J connectivity index is 1.97. The van der Waals surface area contributed by atoms with Crippen molar-refractivity contribution >= 4 is 23.4 Å². The number of amides is 3. The van der Waals surface area contributed by atoms with Crippen LogP contribution in [-0.2, 0) is 21.4 Å². The van der Waals surface area contributed by atoms with Crippen LogP contribution in [-0.4, -0.2) is 30.3 Å². The molecule has 2 aromatic rings. The molecule has 0 heterocycles. The average molecular weight is 438 g/mol. The monoisotopic (exact) mass is 437 g/mol. The third kappa shape index (κ3) is 6.94. The molecule has 0 saturated carbocycles. The standard InChI is InChI=1S/C26H35N3O3/c1-7-18-10-8-9-11-21(18)28-22(30)16-27-25(32)23(17(2)3)29-24(31)19-12-14-20(15-13-19)26(4,5)6/h8-15,17,23H,7,16H2,1-6H3,(H,27,32)(H,28,30)(H,29,31). The molecule has 0 fully saturated rings. The van der Waals surface area contributed by atoms with E-state index in [1.165, 1.54) is 0 Å². The summed E-state index contributed by atoms with van der Waals surface area (Å²) in [6.07, 6.45) is 0.793. The Morgan fingerprint density at radius 3 is 2.12 bits per heavy atom. The van der Waals surface area contributed by atoms with Crippen molar-refractivity contribution in [1.29, 1.82) is 0 Å². The van der Waals surface area contributed by atoms with Crippen LogP contribution >= 0.6 is 0 Å². The van der Waals surface area contributed by atoms with Gasteiger partial charge in [-0.05, 0) is 47.1 Å². The number of rotatable bonds is 8. The maximum absolute atomic E-state index is 12.7. The van der Waals surface area contributed by atoms with E-state index in [4.69, 9.17) is 0 Å². The second-order valence-corrected chi connectivity index (χ2v) is 9.30.